The Bertz CT molecular complexity index is 429. The van der Waals surface area contributed by atoms with Crippen LogP contribution in [0.3, 0.4) is 0 Å². The summed E-state index contributed by atoms with van der Waals surface area (Å²) in [5.74, 6) is -0.103. The van der Waals surface area contributed by atoms with Crippen LogP contribution in [-0.2, 0) is 0 Å². The van der Waals surface area contributed by atoms with Crippen LogP contribution in [0.1, 0.15) is 47.2 Å². The lowest BCUT2D eigenvalue weighted by molar-refractivity contribution is 0.513. The van der Waals surface area contributed by atoms with Crippen molar-refractivity contribution in [1.29, 1.82) is 5.26 Å². The number of nitrogens with two attached hydrogens (primary N) is 1. The average Bonchev–Trinajstić information content (AvgIpc) is 2.28. The minimum Gasteiger partial charge on any atom is -0.323 e. The molecule has 0 amide bonds. The molecular weight excluding hydrogens is 208 g/mol. The van der Waals surface area contributed by atoms with Crippen LogP contribution in [0.15, 0.2) is 6.07 Å². The van der Waals surface area contributed by atoms with Gasteiger partial charge in [-0.25, -0.2) is 0 Å². The average molecular weight is 230 g/mol. The van der Waals surface area contributed by atoms with Crippen molar-refractivity contribution < 1.29 is 0 Å². The van der Waals surface area contributed by atoms with Gasteiger partial charge in [-0.15, -0.1) is 0 Å². The van der Waals surface area contributed by atoms with Crippen LogP contribution in [0.2, 0.25) is 0 Å². The summed E-state index contributed by atoms with van der Waals surface area (Å²) in [5, 5.41) is 9.15. The zero-order chi connectivity index (χ0) is 13.2. The first-order chi connectivity index (χ1) is 7.93. The topological polar surface area (TPSA) is 49.8 Å². The molecule has 2 nitrogen and oxygen atoms in total. The maximum atomic E-state index is 9.15. The fourth-order valence-corrected chi connectivity index (χ4v) is 2.37. The molecular formula is C15H22N2. The van der Waals surface area contributed by atoms with Gasteiger partial charge in [0.1, 0.15) is 0 Å². The first-order valence-corrected chi connectivity index (χ1v) is 6.16. The van der Waals surface area contributed by atoms with Gasteiger partial charge in [0, 0.05) is 6.04 Å². The lowest BCUT2D eigenvalue weighted by Gasteiger charge is -2.23. The van der Waals surface area contributed by atoms with Gasteiger partial charge in [0.05, 0.1) is 12.0 Å². The Hall–Kier alpha value is -1.33. The van der Waals surface area contributed by atoms with Crippen molar-refractivity contribution in [1.82, 2.24) is 0 Å². The van der Waals surface area contributed by atoms with Crippen molar-refractivity contribution in [3.05, 3.63) is 33.9 Å². The largest absolute Gasteiger partial charge is 0.323 e. The third kappa shape index (κ3) is 2.50. The summed E-state index contributed by atoms with van der Waals surface area (Å²) >= 11 is 0. The lowest BCUT2D eigenvalue weighted by atomic mass is 9.84. The molecule has 2 atom stereocenters. The Morgan fingerprint density at radius 3 is 2.00 bits per heavy atom. The summed E-state index contributed by atoms with van der Waals surface area (Å²) < 4.78 is 0. The van der Waals surface area contributed by atoms with Crippen molar-refractivity contribution >= 4 is 0 Å². The van der Waals surface area contributed by atoms with Crippen LogP contribution in [-0.4, -0.2) is 0 Å². The highest BCUT2D eigenvalue weighted by Crippen LogP contribution is 2.31. The highest BCUT2D eigenvalue weighted by atomic mass is 14.7. The summed E-state index contributed by atoms with van der Waals surface area (Å²) in [6, 6.07) is 4.33. The van der Waals surface area contributed by atoms with Gasteiger partial charge in [-0.2, -0.15) is 5.26 Å². The molecule has 92 valence electrons. The zero-order valence-electron chi connectivity index (χ0n) is 11.5. The summed E-state index contributed by atoms with van der Waals surface area (Å²) in [5.41, 5.74) is 12.4. The van der Waals surface area contributed by atoms with E-state index in [9.17, 15) is 0 Å². The van der Waals surface area contributed by atoms with E-state index in [4.69, 9.17) is 11.0 Å². The SMILES string of the molecule is CCC(C#N)C(N)c1c(C)c(C)cc(C)c1C. The number of aryl methyl sites for hydroxylation is 2. The molecule has 0 fully saturated rings. The second-order valence-electron chi connectivity index (χ2n) is 4.84. The molecule has 0 aliphatic carbocycles. The van der Waals surface area contributed by atoms with E-state index in [0.29, 0.717) is 0 Å². The highest BCUT2D eigenvalue weighted by Gasteiger charge is 2.22. The van der Waals surface area contributed by atoms with E-state index < -0.39 is 0 Å². The summed E-state index contributed by atoms with van der Waals surface area (Å²) in [6.07, 6.45) is 0.795. The van der Waals surface area contributed by atoms with E-state index in [2.05, 4.69) is 39.8 Å². The van der Waals surface area contributed by atoms with E-state index in [-0.39, 0.29) is 12.0 Å². The molecule has 0 aromatic heterocycles. The maximum Gasteiger partial charge on any atom is 0.0675 e. The maximum absolute atomic E-state index is 9.15. The van der Waals surface area contributed by atoms with Crippen LogP contribution in [0, 0.1) is 44.9 Å². The summed E-state index contributed by atoms with van der Waals surface area (Å²) in [4.78, 5) is 0. The quantitative estimate of drug-likeness (QED) is 0.864. The van der Waals surface area contributed by atoms with E-state index >= 15 is 0 Å². The normalized spacial score (nSPS) is 14.2. The second-order valence-corrected chi connectivity index (χ2v) is 4.84. The molecule has 17 heavy (non-hydrogen) atoms. The monoisotopic (exact) mass is 230 g/mol. The van der Waals surface area contributed by atoms with E-state index in [1.54, 1.807) is 0 Å². The fraction of sp³-hybridized carbons (Fsp3) is 0.533. The van der Waals surface area contributed by atoms with Crippen LogP contribution in [0.4, 0.5) is 0 Å². The van der Waals surface area contributed by atoms with Crippen LogP contribution in [0.25, 0.3) is 0 Å². The molecule has 0 saturated carbocycles. The lowest BCUT2D eigenvalue weighted by Crippen LogP contribution is -2.22. The number of benzene rings is 1. The molecule has 0 saturated heterocycles. The minimum absolute atomic E-state index is 0.103. The third-order valence-electron chi connectivity index (χ3n) is 3.80. The number of hydrogen-bond acceptors (Lipinski definition) is 2. The van der Waals surface area contributed by atoms with E-state index in [0.717, 1.165) is 12.0 Å². The molecule has 1 aromatic carbocycles. The third-order valence-corrected chi connectivity index (χ3v) is 3.80. The Morgan fingerprint density at radius 1 is 1.18 bits per heavy atom. The number of nitriles is 1. The van der Waals surface area contributed by atoms with Gasteiger partial charge in [0.25, 0.3) is 0 Å². The summed E-state index contributed by atoms with van der Waals surface area (Å²) in [7, 11) is 0. The van der Waals surface area contributed by atoms with Crippen molar-refractivity contribution in [2.45, 2.75) is 47.1 Å². The predicted molar refractivity (Wildman–Crippen MR) is 71.7 cm³/mol. The molecule has 0 heterocycles. The first-order valence-electron chi connectivity index (χ1n) is 6.16. The standard InChI is InChI=1S/C15H22N2/c1-6-13(8-16)15(17)14-11(4)9(2)7-10(3)12(14)5/h7,13,15H,6,17H2,1-5H3. The highest BCUT2D eigenvalue weighted by molar-refractivity contribution is 5.46. The van der Waals surface area contributed by atoms with E-state index in [1.165, 1.54) is 22.3 Å². The fourth-order valence-electron chi connectivity index (χ4n) is 2.37. The number of hydrogen-bond donors (Lipinski definition) is 1. The molecule has 1 rings (SSSR count). The van der Waals surface area contributed by atoms with Crippen LogP contribution in [0.5, 0.6) is 0 Å². The van der Waals surface area contributed by atoms with Crippen molar-refractivity contribution in [2.24, 2.45) is 11.7 Å². The molecule has 2 heteroatoms. The Balaban J connectivity index is 3.36. The number of rotatable bonds is 3. The molecule has 0 aliphatic rings. The van der Waals surface area contributed by atoms with Crippen LogP contribution < -0.4 is 5.73 Å². The van der Waals surface area contributed by atoms with Crippen molar-refractivity contribution in [3.8, 4) is 6.07 Å². The Morgan fingerprint density at radius 2 is 1.65 bits per heavy atom. The first kappa shape index (κ1) is 13.7. The number of nitrogens with zero attached hydrogens (tertiary/aromatic N) is 1. The molecule has 0 radical (unpaired) electrons. The van der Waals surface area contributed by atoms with Crippen molar-refractivity contribution in [2.75, 3.05) is 0 Å². The summed E-state index contributed by atoms with van der Waals surface area (Å²) in [6.45, 7) is 10.4. The van der Waals surface area contributed by atoms with Crippen molar-refractivity contribution in [3.63, 3.8) is 0 Å². The van der Waals surface area contributed by atoms with Gasteiger partial charge in [0.2, 0.25) is 0 Å². The molecule has 0 aliphatic heterocycles. The van der Waals surface area contributed by atoms with Gasteiger partial charge in [-0.05, 0) is 61.9 Å². The van der Waals surface area contributed by atoms with Gasteiger partial charge in [-0.1, -0.05) is 13.0 Å². The smallest absolute Gasteiger partial charge is 0.0675 e. The van der Waals surface area contributed by atoms with Gasteiger partial charge >= 0.3 is 0 Å². The molecule has 1 aromatic rings. The minimum atomic E-state index is -0.177. The second kappa shape index (κ2) is 5.33. The van der Waals surface area contributed by atoms with Gasteiger partial charge in [-0.3, -0.25) is 0 Å². The van der Waals surface area contributed by atoms with Gasteiger partial charge in [0.15, 0.2) is 0 Å². The molecule has 0 bridgehead atoms. The molecule has 2 N–H and O–H groups in total. The van der Waals surface area contributed by atoms with Crippen LogP contribution >= 0.6 is 0 Å². The predicted octanol–water partition coefficient (Wildman–Crippen LogP) is 3.47. The Labute approximate surface area is 104 Å². The Kier molecular flexibility index (Phi) is 4.31. The molecule has 0 spiro atoms. The van der Waals surface area contributed by atoms with E-state index in [1.807, 2.05) is 6.92 Å². The molecule has 2 unspecified atom stereocenters. The van der Waals surface area contributed by atoms with Gasteiger partial charge < -0.3 is 5.73 Å². The zero-order valence-corrected chi connectivity index (χ0v) is 11.5.